The van der Waals surface area contributed by atoms with Crippen LogP contribution in [0.1, 0.15) is 41.7 Å². The number of aryl methyl sites for hydroxylation is 2. The van der Waals surface area contributed by atoms with Gasteiger partial charge in [0.05, 0.1) is 38.5 Å². The number of hydrogen-bond donors (Lipinski definition) is 1. The number of para-hydroxylation sites is 2. The molecule has 1 aliphatic carbocycles. The van der Waals surface area contributed by atoms with E-state index in [2.05, 4.69) is 20.6 Å². The lowest BCUT2D eigenvalue weighted by molar-refractivity contribution is 0.0919. The quantitative estimate of drug-likeness (QED) is 0.363. The first-order chi connectivity index (χ1) is 18.4. The summed E-state index contributed by atoms with van der Waals surface area (Å²) in [6.45, 7) is 2.44. The van der Waals surface area contributed by atoms with Gasteiger partial charge in [-0.15, -0.1) is 5.10 Å². The van der Waals surface area contributed by atoms with Gasteiger partial charge in [0, 0.05) is 25.8 Å². The van der Waals surface area contributed by atoms with Crippen molar-refractivity contribution in [2.75, 3.05) is 0 Å². The zero-order chi connectivity index (χ0) is 26.4. The molecule has 1 fully saturated rings. The van der Waals surface area contributed by atoms with Crippen LogP contribution < -0.4 is 11.0 Å². The Morgan fingerprint density at radius 3 is 2.61 bits per heavy atom. The minimum Gasteiger partial charge on any atom is -0.349 e. The van der Waals surface area contributed by atoms with Crippen LogP contribution in [-0.4, -0.2) is 41.1 Å². The molecule has 5 aromatic rings. The number of rotatable bonds is 5. The number of imidazole rings is 1. The van der Waals surface area contributed by atoms with Crippen molar-refractivity contribution in [2.45, 2.75) is 45.2 Å². The summed E-state index contributed by atoms with van der Waals surface area (Å²) in [5, 5.41) is 11.9. The highest BCUT2D eigenvalue weighted by Crippen LogP contribution is 2.28. The number of benzene rings is 2. The predicted molar refractivity (Wildman–Crippen MR) is 147 cm³/mol. The van der Waals surface area contributed by atoms with Crippen LogP contribution in [-0.2, 0) is 13.6 Å². The number of halogens is 1. The summed E-state index contributed by atoms with van der Waals surface area (Å²) >= 11 is 6.04. The second kappa shape index (κ2) is 9.72. The van der Waals surface area contributed by atoms with Gasteiger partial charge < -0.3 is 5.32 Å². The second-order valence-corrected chi connectivity index (χ2v) is 10.5. The molecule has 1 aliphatic rings. The minimum atomic E-state index is -0.139. The molecule has 0 aliphatic heterocycles. The van der Waals surface area contributed by atoms with Crippen molar-refractivity contribution in [2.24, 2.45) is 13.0 Å². The maximum Gasteiger partial charge on any atom is 0.333 e. The van der Waals surface area contributed by atoms with E-state index in [0.29, 0.717) is 28.7 Å². The molecular weight excluding hydrogens is 502 g/mol. The number of amides is 1. The summed E-state index contributed by atoms with van der Waals surface area (Å²) in [7, 11) is 1.85. The topological polar surface area (TPSA) is 99.6 Å². The summed E-state index contributed by atoms with van der Waals surface area (Å²) in [5.74, 6) is 0.206. The molecule has 0 atom stereocenters. The van der Waals surface area contributed by atoms with Crippen LogP contribution in [0, 0.1) is 12.8 Å². The minimum absolute atomic E-state index is 0.0613. The molecule has 0 saturated heterocycles. The van der Waals surface area contributed by atoms with E-state index in [4.69, 9.17) is 11.6 Å². The highest BCUT2D eigenvalue weighted by molar-refractivity contribution is 6.30. The lowest BCUT2D eigenvalue weighted by Crippen LogP contribution is -2.39. The van der Waals surface area contributed by atoms with E-state index in [1.165, 1.54) is 0 Å². The SMILES string of the molecule is Cc1ncc(Cl)cc1C(=O)N[C@H]1CC[C@H](Cn2c(=O)n(-c3ccc4c(c3)nnn4C)c3ccccc32)CC1. The van der Waals surface area contributed by atoms with Crippen LogP contribution in [0.5, 0.6) is 0 Å². The van der Waals surface area contributed by atoms with Gasteiger partial charge in [-0.05, 0) is 74.9 Å². The van der Waals surface area contributed by atoms with E-state index in [0.717, 1.165) is 53.4 Å². The third kappa shape index (κ3) is 4.36. The maximum atomic E-state index is 13.7. The Labute approximate surface area is 224 Å². The molecule has 2 aromatic carbocycles. The Kier molecular flexibility index (Phi) is 6.23. The standard InChI is InChI=1S/C28H28ClN7O2/c1-17-22(13-19(29)15-30-17)27(37)31-20-9-7-18(8-10-20)16-35-25-5-3-4-6-26(25)36(28(35)38)21-11-12-24-23(14-21)32-33-34(24)2/h3-6,11-15,18,20H,7-10,16H2,1-2H3,(H,31,37)/t18-,20-. The summed E-state index contributed by atoms with van der Waals surface area (Å²) in [6, 6.07) is 15.4. The number of nitrogens with one attached hydrogen (secondary N) is 1. The van der Waals surface area contributed by atoms with Crippen molar-refractivity contribution in [3.63, 3.8) is 0 Å². The fourth-order valence-corrected chi connectivity index (χ4v) is 5.71. The van der Waals surface area contributed by atoms with Crippen molar-refractivity contribution < 1.29 is 4.79 Å². The van der Waals surface area contributed by atoms with E-state index < -0.39 is 0 Å². The number of carbonyl (C=O) groups excluding carboxylic acids is 1. The first kappa shape index (κ1) is 24.4. The second-order valence-electron chi connectivity index (χ2n) is 10.1. The van der Waals surface area contributed by atoms with Crippen molar-refractivity contribution in [1.82, 2.24) is 34.4 Å². The van der Waals surface area contributed by atoms with Crippen LogP contribution in [0.4, 0.5) is 0 Å². The molecule has 0 unspecified atom stereocenters. The van der Waals surface area contributed by atoms with Gasteiger partial charge in [0.1, 0.15) is 5.52 Å². The van der Waals surface area contributed by atoms with Gasteiger partial charge >= 0.3 is 5.69 Å². The molecule has 0 radical (unpaired) electrons. The molecule has 0 bridgehead atoms. The van der Waals surface area contributed by atoms with Crippen molar-refractivity contribution in [1.29, 1.82) is 0 Å². The van der Waals surface area contributed by atoms with Crippen molar-refractivity contribution >= 4 is 39.6 Å². The average Bonchev–Trinajstić information content (AvgIpc) is 3.42. The molecule has 1 amide bonds. The fourth-order valence-electron chi connectivity index (χ4n) is 5.55. The van der Waals surface area contributed by atoms with E-state index in [1.807, 2.05) is 61.0 Å². The Morgan fingerprint density at radius 1 is 1.05 bits per heavy atom. The van der Waals surface area contributed by atoms with Gasteiger partial charge in [-0.1, -0.05) is 28.9 Å². The summed E-state index contributed by atoms with van der Waals surface area (Å²) in [4.78, 5) is 30.7. The van der Waals surface area contributed by atoms with Crippen molar-refractivity contribution in [3.05, 3.63) is 81.5 Å². The summed E-state index contributed by atoms with van der Waals surface area (Å²) < 4.78 is 5.37. The Balaban J connectivity index is 1.20. The van der Waals surface area contributed by atoms with Gasteiger partial charge in [0.15, 0.2) is 0 Å². The van der Waals surface area contributed by atoms with Crippen LogP contribution >= 0.6 is 11.6 Å². The Morgan fingerprint density at radius 2 is 1.82 bits per heavy atom. The first-order valence-electron chi connectivity index (χ1n) is 12.8. The molecule has 194 valence electrons. The Bertz CT molecular complexity index is 1730. The number of nitrogens with zero attached hydrogens (tertiary/aromatic N) is 6. The fraction of sp³-hybridized carbons (Fsp3) is 0.321. The van der Waals surface area contributed by atoms with Gasteiger partial charge in [-0.25, -0.2) is 9.48 Å². The zero-order valence-electron chi connectivity index (χ0n) is 21.3. The molecule has 38 heavy (non-hydrogen) atoms. The monoisotopic (exact) mass is 529 g/mol. The normalized spacial score (nSPS) is 17.8. The van der Waals surface area contributed by atoms with E-state index in [9.17, 15) is 9.59 Å². The van der Waals surface area contributed by atoms with E-state index in [-0.39, 0.29) is 17.6 Å². The molecule has 0 spiro atoms. The largest absolute Gasteiger partial charge is 0.349 e. The number of aromatic nitrogens is 6. The number of hydrogen-bond acceptors (Lipinski definition) is 5. The zero-order valence-corrected chi connectivity index (χ0v) is 22.0. The highest BCUT2D eigenvalue weighted by atomic mass is 35.5. The highest BCUT2D eigenvalue weighted by Gasteiger charge is 2.26. The number of pyridine rings is 1. The maximum absolute atomic E-state index is 13.7. The van der Waals surface area contributed by atoms with Gasteiger partial charge in [-0.2, -0.15) is 0 Å². The van der Waals surface area contributed by atoms with Gasteiger partial charge in [0.2, 0.25) is 0 Å². The van der Waals surface area contributed by atoms with Crippen LogP contribution in [0.25, 0.3) is 27.8 Å². The molecular formula is C28H28ClN7O2. The van der Waals surface area contributed by atoms with Gasteiger partial charge in [-0.3, -0.25) is 18.9 Å². The molecule has 1 N–H and O–H groups in total. The Hall–Kier alpha value is -3.98. The van der Waals surface area contributed by atoms with Crippen molar-refractivity contribution in [3.8, 4) is 5.69 Å². The molecule has 3 heterocycles. The summed E-state index contributed by atoms with van der Waals surface area (Å²) in [5.41, 5.74) is 5.33. The van der Waals surface area contributed by atoms with E-state index in [1.54, 1.807) is 21.5 Å². The molecule has 1 saturated carbocycles. The predicted octanol–water partition coefficient (Wildman–Crippen LogP) is 4.42. The first-order valence-corrected chi connectivity index (χ1v) is 13.2. The molecule has 10 heteroatoms. The van der Waals surface area contributed by atoms with Gasteiger partial charge in [0.25, 0.3) is 5.91 Å². The summed E-state index contributed by atoms with van der Waals surface area (Å²) in [6.07, 6.45) is 5.12. The van der Waals surface area contributed by atoms with Crippen LogP contribution in [0.15, 0.2) is 59.5 Å². The smallest absolute Gasteiger partial charge is 0.333 e. The number of fused-ring (bicyclic) bond motifs is 2. The van der Waals surface area contributed by atoms with E-state index >= 15 is 0 Å². The lowest BCUT2D eigenvalue weighted by atomic mass is 9.85. The molecule has 6 rings (SSSR count). The number of carbonyl (C=O) groups is 1. The van der Waals surface area contributed by atoms with Crippen LogP contribution in [0.3, 0.4) is 0 Å². The molecule has 3 aromatic heterocycles. The third-order valence-electron chi connectivity index (χ3n) is 7.61. The average molecular weight is 530 g/mol. The lowest BCUT2D eigenvalue weighted by Gasteiger charge is -2.29. The molecule has 9 nitrogen and oxygen atoms in total. The third-order valence-corrected chi connectivity index (χ3v) is 7.82. The van der Waals surface area contributed by atoms with Crippen LogP contribution in [0.2, 0.25) is 5.02 Å².